The summed E-state index contributed by atoms with van der Waals surface area (Å²) in [5.74, 6) is 0.684. The molecule has 1 amide bonds. The van der Waals surface area contributed by atoms with Crippen LogP contribution in [0.15, 0.2) is 84.9 Å². The number of alkyl halides is 3. The largest absolute Gasteiger partial charge is 0.416 e. The smallest absolute Gasteiger partial charge is 0.340 e. The molecule has 0 saturated heterocycles. The molecule has 0 aliphatic rings. The Kier molecular flexibility index (Phi) is 6.08. The molecule has 3 aromatic carbocycles. The molecule has 2 N–H and O–H groups in total. The summed E-state index contributed by atoms with van der Waals surface area (Å²) in [6, 6.07) is 22.6. The quantitative estimate of drug-likeness (QED) is 0.367. The van der Waals surface area contributed by atoms with Crippen LogP contribution in [0.4, 0.5) is 30.4 Å². The zero-order valence-electron chi connectivity index (χ0n) is 17.5. The first-order chi connectivity index (χ1) is 15.8. The van der Waals surface area contributed by atoms with E-state index in [0.29, 0.717) is 23.0 Å². The summed E-state index contributed by atoms with van der Waals surface area (Å²) in [6.07, 6.45) is -4.45. The van der Waals surface area contributed by atoms with Crippen molar-refractivity contribution in [1.29, 1.82) is 0 Å². The van der Waals surface area contributed by atoms with Crippen molar-refractivity contribution in [3.8, 4) is 11.3 Å². The van der Waals surface area contributed by atoms with Gasteiger partial charge in [-0.3, -0.25) is 4.79 Å². The molecular formula is C25H19F3N4O. The summed E-state index contributed by atoms with van der Waals surface area (Å²) < 4.78 is 38.2. The van der Waals surface area contributed by atoms with Crippen LogP contribution in [0.1, 0.15) is 21.7 Å². The Labute approximate surface area is 188 Å². The van der Waals surface area contributed by atoms with Crippen LogP contribution in [0.5, 0.6) is 0 Å². The van der Waals surface area contributed by atoms with E-state index in [1.807, 2.05) is 42.5 Å². The van der Waals surface area contributed by atoms with E-state index in [1.54, 1.807) is 25.1 Å². The van der Waals surface area contributed by atoms with Crippen molar-refractivity contribution >= 4 is 23.1 Å². The fourth-order valence-electron chi connectivity index (χ4n) is 3.22. The van der Waals surface area contributed by atoms with Crippen molar-refractivity contribution in [2.24, 2.45) is 0 Å². The van der Waals surface area contributed by atoms with Gasteiger partial charge in [0.15, 0.2) is 0 Å². The minimum atomic E-state index is -4.45. The Morgan fingerprint density at radius 2 is 1.52 bits per heavy atom. The van der Waals surface area contributed by atoms with Crippen molar-refractivity contribution in [1.82, 2.24) is 9.97 Å². The molecule has 0 fully saturated rings. The van der Waals surface area contributed by atoms with Crippen LogP contribution in [-0.4, -0.2) is 15.9 Å². The summed E-state index contributed by atoms with van der Waals surface area (Å²) in [4.78, 5) is 21.4. The lowest BCUT2D eigenvalue weighted by molar-refractivity contribution is -0.137. The van der Waals surface area contributed by atoms with Crippen LogP contribution in [0.2, 0.25) is 0 Å². The number of halogens is 3. The van der Waals surface area contributed by atoms with E-state index in [-0.39, 0.29) is 5.56 Å². The first-order valence-electron chi connectivity index (χ1n) is 10.0. The predicted octanol–water partition coefficient (Wildman–Crippen LogP) is 6.47. The fraction of sp³-hybridized carbons (Fsp3) is 0.0800. The molecule has 166 valence electrons. The highest BCUT2D eigenvalue weighted by Crippen LogP contribution is 2.29. The van der Waals surface area contributed by atoms with Crippen LogP contribution in [0.25, 0.3) is 11.3 Å². The van der Waals surface area contributed by atoms with Gasteiger partial charge in [0.2, 0.25) is 0 Å². The molecule has 0 atom stereocenters. The van der Waals surface area contributed by atoms with Gasteiger partial charge in [-0.1, -0.05) is 36.4 Å². The van der Waals surface area contributed by atoms with Crippen molar-refractivity contribution in [2.45, 2.75) is 13.1 Å². The Morgan fingerprint density at radius 3 is 2.21 bits per heavy atom. The summed E-state index contributed by atoms with van der Waals surface area (Å²) in [5.41, 5.74) is 2.22. The molecule has 0 radical (unpaired) electrons. The lowest BCUT2D eigenvalue weighted by Crippen LogP contribution is -2.13. The number of amides is 1. The summed E-state index contributed by atoms with van der Waals surface area (Å²) in [5, 5.41) is 5.90. The van der Waals surface area contributed by atoms with Gasteiger partial charge >= 0.3 is 6.18 Å². The molecule has 0 aliphatic carbocycles. The van der Waals surface area contributed by atoms with Crippen molar-refractivity contribution in [3.63, 3.8) is 0 Å². The molecule has 4 aromatic rings. The molecule has 8 heteroatoms. The van der Waals surface area contributed by atoms with E-state index in [0.717, 1.165) is 35.5 Å². The van der Waals surface area contributed by atoms with E-state index >= 15 is 0 Å². The zero-order valence-corrected chi connectivity index (χ0v) is 17.5. The Bertz CT molecular complexity index is 1270. The van der Waals surface area contributed by atoms with Gasteiger partial charge in [-0.2, -0.15) is 13.2 Å². The van der Waals surface area contributed by atoms with Gasteiger partial charge in [0, 0.05) is 28.6 Å². The van der Waals surface area contributed by atoms with Gasteiger partial charge in [0.1, 0.15) is 11.6 Å². The number of rotatable bonds is 5. The van der Waals surface area contributed by atoms with Gasteiger partial charge < -0.3 is 10.6 Å². The Hall–Kier alpha value is -4.20. The molecule has 0 aliphatic heterocycles. The monoisotopic (exact) mass is 448 g/mol. The number of hydrogen-bond acceptors (Lipinski definition) is 4. The Morgan fingerprint density at radius 1 is 0.818 bits per heavy atom. The van der Waals surface area contributed by atoms with Gasteiger partial charge in [-0.05, 0) is 49.4 Å². The average molecular weight is 448 g/mol. The number of nitrogens with one attached hydrogen (secondary N) is 2. The van der Waals surface area contributed by atoms with E-state index in [9.17, 15) is 18.0 Å². The third kappa shape index (κ3) is 5.54. The Balaban J connectivity index is 1.49. The van der Waals surface area contributed by atoms with Gasteiger partial charge in [-0.25, -0.2) is 9.97 Å². The second kappa shape index (κ2) is 9.12. The topological polar surface area (TPSA) is 66.9 Å². The van der Waals surface area contributed by atoms with Crippen LogP contribution < -0.4 is 10.6 Å². The molecule has 0 bridgehead atoms. The first kappa shape index (κ1) is 22.0. The van der Waals surface area contributed by atoms with E-state index < -0.39 is 17.6 Å². The number of hydrogen-bond donors (Lipinski definition) is 2. The maximum absolute atomic E-state index is 12.7. The lowest BCUT2D eigenvalue weighted by atomic mass is 10.1. The summed E-state index contributed by atoms with van der Waals surface area (Å²) >= 11 is 0. The molecule has 0 unspecified atom stereocenters. The predicted molar refractivity (Wildman–Crippen MR) is 121 cm³/mol. The number of carbonyl (C=O) groups excluding carboxylic acids is 1. The summed E-state index contributed by atoms with van der Waals surface area (Å²) in [7, 11) is 0. The van der Waals surface area contributed by atoms with E-state index in [4.69, 9.17) is 0 Å². The van der Waals surface area contributed by atoms with Crippen molar-refractivity contribution in [2.75, 3.05) is 10.6 Å². The number of nitrogens with zero attached hydrogens (tertiary/aromatic N) is 2. The van der Waals surface area contributed by atoms with Crippen LogP contribution in [-0.2, 0) is 6.18 Å². The van der Waals surface area contributed by atoms with Gasteiger partial charge in [0.05, 0.1) is 11.3 Å². The van der Waals surface area contributed by atoms with Gasteiger partial charge in [0.25, 0.3) is 5.91 Å². The SMILES string of the molecule is Cc1nc(Nc2cccc(NC(=O)c3ccc(C(F)(F)F)cc3)c2)cc(-c2ccccc2)n1. The molecule has 4 rings (SSSR count). The first-order valence-corrected chi connectivity index (χ1v) is 10.0. The van der Waals surface area contributed by atoms with Crippen LogP contribution in [0.3, 0.4) is 0 Å². The number of aryl methyl sites for hydroxylation is 1. The second-order valence-electron chi connectivity index (χ2n) is 7.29. The van der Waals surface area contributed by atoms with Crippen LogP contribution >= 0.6 is 0 Å². The average Bonchev–Trinajstić information content (AvgIpc) is 2.79. The number of anilines is 3. The molecule has 1 heterocycles. The molecular weight excluding hydrogens is 429 g/mol. The number of carbonyl (C=O) groups is 1. The van der Waals surface area contributed by atoms with Gasteiger partial charge in [-0.15, -0.1) is 0 Å². The lowest BCUT2D eigenvalue weighted by Gasteiger charge is -2.11. The van der Waals surface area contributed by atoms with Crippen LogP contribution in [0, 0.1) is 6.92 Å². The molecule has 0 saturated carbocycles. The highest BCUT2D eigenvalue weighted by molar-refractivity contribution is 6.04. The molecule has 0 spiro atoms. The molecule has 33 heavy (non-hydrogen) atoms. The third-order valence-corrected chi connectivity index (χ3v) is 4.77. The van der Waals surface area contributed by atoms with Crippen molar-refractivity contribution < 1.29 is 18.0 Å². The maximum Gasteiger partial charge on any atom is 0.416 e. The zero-order chi connectivity index (χ0) is 23.4. The third-order valence-electron chi connectivity index (χ3n) is 4.77. The minimum absolute atomic E-state index is 0.125. The highest BCUT2D eigenvalue weighted by atomic mass is 19.4. The van der Waals surface area contributed by atoms with Crippen molar-refractivity contribution in [3.05, 3.63) is 102 Å². The highest BCUT2D eigenvalue weighted by Gasteiger charge is 2.30. The van der Waals surface area contributed by atoms with E-state index in [1.165, 1.54) is 0 Å². The molecule has 1 aromatic heterocycles. The normalized spacial score (nSPS) is 11.2. The standard InChI is InChI=1S/C25H19F3N4O/c1-16-29-22(17-6-3-2-4-7-17)15-23(30-16)31-20-8-5-9-21(14-20)32-24(33)18-10-12-19(13-11-18)25(26,27)28/h2-15H,1H3,(H,32,33)(H,29,30,31). The minimum Gasteiger partial charge on any atom is -0.340 e. The summed E-state index contributed by atoms with van der Waals surface area (Å²) in [6.45, 7) is 1.80. The maximum atomic E-state index is 12.7. The number of benzene rings is 3. The number of aromatic nitrogens is 2. The second-order valence-corrected chi connectivity index (χ2v) is 7.29. The fourth-order valence-corrected chi connectivity index (χ4v) is 3.22. The molecule has 5 nitrogen and oxygen atoms in total. The van der Waals surface area contributed by atoms with E-state index in [2.05, 4.69) is 20.6 Å².